The number of anilines is 3. The highest BCUT2D eigenvalue weighted by molar-refractivity contribution is 7.92. The van der Waals surface area contributed by atoms with Crippen molar-refractivity contribution in [2.75, 3.05) is 27.6 Å². The summed E-state index contributed by atoms with van der Waals surface area (Å²) in [5, 5.41) is 30.2. The summed E-state index contributed by atoms with van der Waals surface area (Å²) in [6.45, 7) is 0. The molecule has 0 aromatic heterocycles. The number of sulfonamides is 1. The Labute approximate surface area is 174 Å². The molecule has 1 unspecified atom stereocenters. The van der Waals surface area contributed by atoms with Gasteiger partial charge in [0.05, 0.1) is 17.6 Å². The molecule has 6 N–H and O–H groups in total. The fraction of sp³-hybridized carbons (Fsp3) is 0.133. The molecule has 12 nitrogen and oxygen atoms in total. The van der Waals surface area contributed by atoms with Crippen LogP contribution in [0.3, 0.4) is 0 Å². The molecule has 1 atom stereocenters. The first kappa shape index (κ1) is 23.4. The highest BCUT2D eigenvalue weighted by atomic mass is 32.2. The molecule has 0 saturated carbocycles. The number of nitrogens with zero attached hydrogens (tertiary/aromatic N) is 1. The van der Waals surface area contributed by atoms with Gasteiger partial charge in [-0.1, -0.05) is 0 Å². The Bertz CT molecular complexity index is 1080. The summed E-state index contributed by atoms with van der Waals surface area (Å²) in [5.41, 5.74) is -0.0720. The second kappa shape index (κ2) is 9.31. The molecule has 2 aromatic rings. The monoisotopic (exact) mass is 459 g/mol. The van der Waals surface area contributed by atoms with Gasteiger partial charge in [-0.15, -0.1) is 0 Å². The quantitative estimate of drug-likeness (QED) is 0.179. The van der Waals surface area contributed by atoms with Crippen molar-refractivity contribution in [2.45, 2.75) is 0 Å². The molecule has 0 bridgehead atoms. The van der Waals surface area contributed by atoms with Crippen LogP contribution in [0.4, 0.5) is 17.1 Å². The fourth-order valence-corrected chi connectivity index (χ4v) is 3.18. The van der Waals surface area contributed by atoms with Crippen molar-refractivity contribution in [3.8, 4) is 11.5 Å². The minimum atomic E-state index is -3.78. The molecule has 0 fully saturated rings. The number of rotatable bonds is 8. The van der Waals surface area contributed by atoms with E-state index in [2.05, 4.69) is 14.7 Å². The average molecular weight is 459 g/mol. The van der Waals surface area contributed by atoms with Gasteiger partial charge in [0.2, 0.25) is 10.0 Å². The lowest BCUT2D eigenvalue weighted by atomic mass is 10.1. The van der Waals surface area contributed by atoms with Crippen molar-refractivity contribution in [1.29, 1.82) is 0 Å². The summed E-state index contributed by atoms with van der Waals surface area (Å²) in [4.78, 5) is 12.6. The molecule has 2 rings (SSSR count). The maximum absolute atomic E-state index is 12.6. The smallest absolute Gasteiger partial charge is 0.510 e. The van der Waals surface area contributed by atoms with Crippen LogP contribution in [-0.4, -0.2) is 58.9 Å². The third-order valence-corrected chi connectivity index (χ3v) is 4.83. The van der Waals surface area contributed by atoms with Crippen LogP contribution in [0.1, 0.15) is 10.4 Å². The topological polar surface area (TPSA) is 186 Å². The van der Waals surface area contributed by atoms with E-state index in [9.17, 15) is 22.5 Å². The van der Waals surface area contributed by atoms with Gasteiger partial charge in [-0.25, -0.2) is 12.6 Å². The van der Waals surface area contributed by atoms with Crippen LogP contribution in [0, 0.1) is 0 Å². The van der Waals surface area contributed by atoms with E-state index in [-0.39, 0.29) is 34.1 Å². The van der Waals surface area contributed by atoms with E-state index in [4.69, 9.17) is 14.6 Å². The van der Waals surface area contributed by atoms with Crippen molar-refractivity contribution in [3.63, 3.8) is 0 Å². The third-order valence-electron chi connectivity index (χ3n) is 3.58. The molecule has 0 aliphatic heterocycles. The van der Waals surface area contributed by atoms with Gasteiger partial charge in [-0.05, 0) is 36.4 Å². The molecule has 0 spiro atoms. The first-order valence-corrected chi connectivity index (χ1v) is 11.0. The number of aromatic hydroxyl groups is 1. The summed E-state index contributed by atoms with van der Waals surface area (Å²) in [6, 6.07) is 7.34. The summed E-state index contributed by atoms with van der Waals surface area (Å²) < 4.78 is 51.1. The van der Waals surface area contributed by atoms with Crippen molar-refractivity contribution in [2.24, 2.45) is 0 Å². The molecule has 30 heavy (non-hydrogen) atoms. The van der Waals surface area contributed by atoms with Crippen LogP contribution >= 0.6 is 0 Å². The zero-order valence-corrected chi connectivity index (χ0v) is 17.3. The maximum Gasteiger partial charge on any atom is 0.707 e. The Balaban J connectivity index is 2.34. The Hall–Kier alpha value is -2.85. The number of phenolic OH excluding ortho intramolecular Hbond substituents is 1. The highest BCUT2D eigenvalue weighted by Crippen LogP contribution is 2.31. The number of hydrogen-bond donors (Lipinski definition) is 6. The lowest BCUT2D eigenvalue weighted by Crippen LogP contribution is -2.22. The number of hydrogen-bond acceptors (Lipinski definition) is 8. The Kier molecular flexibility index (Phi) is 7.27. The van der Waals surface area contributed by atoms with Crippen LogP contribution in [0.5, 0.6) is 11.5 Å². The molecule has 1 amide bonds. The van der Waals surface area contributed by atoms with Crippen molar-refractivity contribution < 1.29 is 41.8 Å². The standard InChI is InChI=1S/C15H18BN3O9S2/c1-19(29(24)25)12-8-10(4-5-13(12)20)17-15(21)9-3-6-14(28-16(22)23)11(7-9)18-30(2,26)27/h3-8,18,20,22-23H,1-2H3,(H,17,21)(H,24,25). The van der Waals surface area contributed by atoms with Crippen molar-refractivity contribution >= 4 is 51.6 Å². The van der Waals surface area contributed by atoms with Crippen LogP contribution in [0.25, 0.3) is 0 Å². The van der Waals surface area contributed by atoms with E-state index < -0.39 is 34.5 Å². The van der Waals surface area contributed by atoms with Gasteiger partial charge in [0.25, 0.3) is 17.2 Å². The number of nitrogens with one attached hydrogen (secondary N) is 2. The number of carbonyl (C=O) groups excluding carboxylic acids is 1. The summed E-state index contributed by atoms with van der Waals surface area (Å²) in [6.07, 6.45) is 0.860. The Morgan fingerprint density at radius 3 is 2.43 bits per heavy atom. The minimum absolute atomic E-state index is 0.0188. The maximum atomic E-state index is 12.6. The molecule has 0 radical (unpaired) electrons. The van der Waals surface area contributed by atoms with E-state index in [0.717, 1.165) is 22.7 Å². The number of carbonyl (C=O) groups is 1. The summed E-state index contributed by atoms with van der Waals surface area (Å²) in [7, 11) is -4.73. The van der Waals surface area contributed by atoms with E-state index >= 15 is 0 Å². The fourth-order valence-electron chi connectivity index (χ4n) is 2.31. The van der Waals surface area contributed by atoms with Crippen LogP contribution in [0.15, 0.2) is 36.4 Å². The third kappa shape index (κ3) is 6.33. The van der Waals surface area contributed by atoms with Crippen molar-refractivity contribution in [3.05, 3.63) is 42.0 Å². The zero-order valence-electron chi connectivity index (χ0n) is 15.6. The van der Waals surface area contributed by atoms with Crippen molar-refractivity contribution in [1.82, 2.24) is 0 Å². The van der Waals surface area contributed by atoms with Gasteiger partial charge in [0, 0.05) is 18.3 Å². The average Bonchev–Trinajstić information content (AvgIpc) is 2.62. The van der Waals surface area contributed by atoms with Gasteiger partial charge in [0.1, 0.15) is 11.5 Å². The highest BCUT2D eigenvalue weighted by Gasteiger charge is 2.19. The molecule has 0 aliphatic rings. The summed E-state index contributed by atoms with van der Waals surface area (Å²) in [5.74, 6) is -1.21. The number of amides is 1. The molecular weight excluding hydrogens is 441 g/mol. The molecule has 2 aromatic carbocycles. The van der Waals surface area contributed by atoms with Gasteiger partial charge in [-0.3, -0.25) is 18.4 Å². The Morgan fingerprint density at radius 2 is 1.87 bits per heavy atom. The van der Waals surface area contributed by atoms with Gasteiger partial charge in [0.15, 0.2) is 0 Å². The molecule has 162 valence electrons. The lowest BCUT2D eigenvalue weighted by molar-refractivity contribution is 0.102. The minimum Gasteiger partial charge on any atom is -0.510 e. The second-order valence-corrected chi connectivity index (χ2v) is 8.67. The first-order chi connectivity index (χ1) is 13.9. The molecule has 0 saturated heterocycles. The van der Waals surface area contributed by atoms with Crippen LogP contribution in [0.2, 0.25) is 0 Å². The van der Waals surface area contributed by atoms with E-state index in [0.29, 0.717) is 0 Å². The molecule has 0 aliphatic carbocycles. The second-order valence-electron chi connectivity index (χ2n) is 5.92. The number of phenols is 1. The predicted octanol–water partition coefficient (Wildman–Crippen LogP) is -0.0628. The van der Waals surface area contributed by atoms with Crippen LogP contribution < -0.4 is 19.0 Å². The van der Waals surface area contributed by atoms with E-state index in [1.54, 1.807) is 0 Å². The zero-order chi connectivity index (χ0) is 22.6. The molecule has 0 heterocycles. The van der Waals surface area contributed by atoms with E-state index in [1.165, 1.54) is 31.3 Å². The molecule has 15 heteroatoms. The summed E-state index contributed by atoms with van der Waals surface area (Å²) >= 11 is -2.41. The normalized spacial score (nSPS) is 12.0. The Morgan fingerprint density at radius 1 is 1.20 bits per heavy atom. The largest absolute Gasteiger partial charge is 0.707 e. The van der Waals surface area contributed by atoms with Gasteiger partial charge >= 0.3 is 7.32 Å². The predicted molar refractivity (Wildman–Crippen MR) is 111 cm³/mol. The number of benzene rings is 2. The van der Waals surface area contributed by atoms with Crippen LogP contribution in [-0.2, 0) is 21.3 Å². The van der Waals surface area contributed by atoms with Gasteiger partial charge in [-0.2, -0.15) is 0 Å². The van der Waals surface area contributed by atoms with E-state index in [1.807, 2.05) is 0 Å². The van der Waals surface area contributed by atoms with Gasteiger partial charge < -0.3 is 25.1 Å². The molecular formula is C15H18BN3O9S2. The lowest BCUT2D eigenvalue weighted by Gasteiger charge is -2.17. The SMILES string of the molecule is CN(c1cc(NC(=O)c2ccc(OB(O)O)c(NS(C)(=O)=O)c2)ccc1O)S(=O)O. The first-order valence-electron chi connectivity index (χ1n) is 8.01.